The SMILES string of the molecule is ON=C1CCCCCC1C1CCCCCC1. The molecule has 0 amide bonds. The summed E-state index contributed by atoms with van der Waals surface area (Å²) in [6.07, 6.45) is 14.5. The second-order valence-corrected chi connectivity index (χ2v) is 5.55. The summed E-state index contributed by atoms with van der Waals surface area (Å²) in [6, 6.07) is 0. The van der Waals surface area contributed by atoms with Crippen LogP contribution < -0.4 is 0 Å². The van der Waals surface area contributed by atoms with Crippen molar-refractivity contribution in [1.82, 2.24) is 0 Å². The summed E-state index contributed by atoms with van der Waals surface area (Å²) in [5, 5.41) is 12.8. The van der Waals surface area contributed by atoms with Crippen LogP contribution >= 0.6 is 0 Å². The standard InChI is InChI=1S/C14H25NO/c16-15-14-11-7-3-6-10-13(14)12-8-4-1-2-5-9-12/h12-13,16H,1-11H2. The quantitative estimate of drug-likeness (QED) is 0.399. The molecular formula is C14H25NO. The van der Waals surface area contributed by atoms with Crippen molar-refractivity contribution >= 4 is 5.71 Å². The van der Waals surface area contributed by atoms with E-state index in [0.717, 1.165) is 18.1 Å². The minimum absolute atomic E-state index is 0.602. The number of nitrogens with zero attached hydrogens (tertiary/aromatic N) is 1. The fraction of sp³-hybridized carbons (Fsp3) is 0.929. The van der Waals surface area contributed by atoms with Crippen LogP contribution in [0.15, 0.2) is 5.16 Å². The Labute approximate surface area is 99.1 Å². The molecule has 0 saturated heterocycles. The molecule has 2 nitrogen and oxygen atoms in total. The summed E-state index contributed by atoms with van der Waals surface area (Å²) in [6.45, 7) is 0. The predicted octanol–water partition coefficient (Wildman–Crippen LogP) is 4.37. The number of oxime groups is 1. The van der Waals surface area contributed by atoms with Crippen molar-refractivity contribution in [3.05, 3.63) is 0 Å². The molecule has 16 heavy (non-hydrogen) atoms. The Hall–Kier alpha value is -0.530. The van der Waals surface area contributed by atoms with E-state index in [9.17, 15) is 5.21 Å². The highest BCUT2D eigenvalue weighted by molar-refractivity contribution is 5.86. The van der Waals surface area contributed by atoms with E-state index in [0.29, 0.717) is 5.92 Å². The highest BCUT2D eigenvalue weighted by atomic mass is 16.4. The van der Waals surface area contributed by atoms with Gasteiger partial charge in [0.2, 0.25) is 0 Å². The molecule has 2 aliphatic rings. The largest absolute Gasteiger partial charge is 0.411 e. The summed E-state index contributed by atoms with van der Waals surface area (Å²) in [7, 11) is 0. The molecular weight excluding hydrogens is 198 g/mol. The lowest BCUT2D eigenvalue weighted by atomic mass is 9.80. The van der Waals surface area contributed by atoms with E-state index in [-0.39, 0.29) is 0 Å². The molecule has 2 fully saturated rings. The molecule has 0 aromatic rings. The Bertz CT molecular complexity index is 229. The molecule has 1 N–H and O–H groups in total. The Kier molecular flexibility index (Phi) is 4.68. The van der Waals surface area contributed by atoms with Gasteiger partial charge in [-0.3, -0.25) is 0 Å². The second kappa shape index (κ2) is 6.27. The van der Waals surface area contributed by atoms with Crippen LogP contribution in [0.25, 0.3) is 0 Å². The van der Waals surface area contributed by atoms with Crippen molar-refractivity contribution < 1.29 is 5.21 Å². The van der Waals surface area contributed by atoms with Crippen LogP contribution in [0.5, 0.6) is 0 Å². The summed E-state index contributed by atoms with van der Waals surface area (Å²) in [5.41, 5.74) is 1.12. The summed E-state index contributed by atoms with van der Waals surface area (Å²) >= 11 is 0. The molecule has 0 aromatic heterocycles. The van der Waals surface area contributed by atoms with Crippen molar-refractivity contribution in [2.45, 2.75) is 70.6 Å². The maximum atomic E-state index is 9.18. The van der Waals surface area contributed by atoms with E-state index >= 15 is 0 Å². The van der Waals surface area contributed by atoms with Crippen LogP contribution in [-0.2, 0) is 0 Å². The highest BCUT2D eigenvalue weighted by Gasteiger charge is 2.28. The van der Waals surface area contributed by atoms with Crippen molar-refractivity contribution in [3.8, 4) is 0 Å². The maximum absolute atomic E-state index is 9.18. The minimum Gasteiger partial charge on any atom is -0.411 e. The third-order valence-corrected chi connectivity index (χ3v) is 4.47. The molecule has 0 aromatic carbocycles. The van der Waals surface area contributed by atoms with Gasteiger partial charge in [0.15, 0.2) is 0 Å². The molecule has 0 heterocycles. The molecule has 2 aliphatic carbocycles. The molecule has 92 valence electrons. The molecule has 0 bridgehead atoms. The van der Waals surface area contributed by atoms with Crippen LogP contribution in [-0.4, -0.2) is 10.9 Å². The molecule has 2 heteroatoms. The van der Waals surface area contributed by atoms with E-state index < -0.39 is 0 Å². The lowest BCUT2D eigenvalue weighted by Crippen LogP contribution is -2.22. The lowest BCUT2D eigenvalue weighted by Gasteiger charge is -2.25. The average molecular weight is 223 g/mol. The van der Waals surface area contributed by atoms with Gasteiger partial charge in [-0.25, -0.2) is 0 Å². The zero-order valence-corrected chi connectivity index (χ0v) is 10.3. The summed E-state index contributed by atoms with van der Waals surface area (Å²) < 4.78 is 0. The molecule has 2 saturated carbocycles. The average Bonchev–Trinajstić information content (AvgIpc) is 2.70. The normalized spacial score (nSPS) is 32.2. The third kappa shape index (κ3) is 2.99. The fourth-order valence-electron chi connectivity index (χ4n) is 3.54. The van der Waals surface area contributed by atoms with Crippen molar-refractivity contribution in [3.63, 3.8) is 0 Å². The van der Waals surface area contributed by atoms with Gasteiger partial charge in [-0.1, -0.05) is 43.7 Å². The van der Waals surface area contributed by atoms with Crippen LogP contribution in [0.4, 0.5) is 0 Å². The minimum atomic E-state index is 0.602. The van der Waals surface area contributed by atoms with Gasteiger partial charge < -0.3 is 5.21 Å². The second-order valence-electron chi connectivity index (χ2n) is 5.55. The fourth-order valence-corrected chi connectivity index (χ4v) is 3.54. The Balaban J connectivity index is 2.02. The van der Waals surface area contributed by atoms with Gasteiger partial charge in [0.1, 0.15) is 0 Å². The third-order valence-electron chi connectivity index (χ3n) is 4.47. The topological polar surface area (TPSA) is 32.6 Å². The first-order valence-corrected chi connectivity index (χ1v) is 7.12. The zero-order chi connectivity index (χ0) is 11.2. The van der Waals surface area contributed by atoms with Gasteiger partial charge in [0, 0.05) is 5.92 Å². The van der Waals surface area contributed by atoms with Gasteiger partial charge in [-0.05, 0) is 38.0 Å². The molecule has 1 unspecified atom stereocenters. The molecule has 1 atom stereocenters. The van der Waals surface area contributed by atoms with Gasteiger partial charge in [-0.15, -0.1) is 0 Å². The number of rotatable bonds is 1. The van der Waals surface area contributed by atoms with Gasteiger partial charge in [-0.2, -0.15) is 0 Å². The first-order valence-electron chi connectivity index (χ1n) is 7.12. The first-order chi connectivity index (χ1) is 7.92. The molecule has 0 radical (unpaired) electrons. The Morgan fingerprint density at radius 1 is 0.812 bits per heavy atom. The monoisotopic (exact) mass is 223 g/mol. The Morgan fingerprint density at radius 2 is 1.44 bits per heavy atom. The van der Waals surface area contributed by atoms with Crippen molar-refractivity contribution in [2.75, 3.05) is 0 Å². The zero-order valence-electron chi connectivity index (χ0n) is 10.3. The predicted molar refractivity (Wildman–Crippen MR) is 67.0 cm³/mol. The lowest BCUT2D eigenvalue weighted by molar-refractivity contribution is 0.297. The van der Waals surface area contributed by atoms with E-state index in [1.54, 1.807) is 0 Å². The molecule has 0 aliphatic heterocycles. The van der Waals surface area contributed by atoms with Crippen LogP contribution in [0.2, 0.25) is 0 Å². The maximum Gasteiger partial charge on any atom is 0.0604 e. The molecule has 0 spiro atoms. The summed E-state index contributed by atoms with van der Waals surface area (Å²) in [5.74, 6) is 1.41. The summed E-state index contributed by atoms with van der Waals surface area (Å²) in [4.78, 5) is 0. The van der Waals surface area contributed by atoms with Crippen molar-refractivity contribution in [1.29, 1.82) is 0 Å². The Morgan fingerprint density at radius 3 is 2.12 bits per heavy atom. The highest BCUT2D eigenvalue weighted by Crippen LogP contribution is 2.35. The smallest absolute Gasteiger partial charge is 0.0604 e. The van der Waals surface area contributed by atoms with Crippen LogP contribution in [0.1, 0.15) is 70.6 Å². The molecule has 2 rings (SSSR count). The van der Waals surface area contributed by atoms with Crippen molar-refractivity contribution in [2.24, 2.45) is 17.0 Å². The van der Waals surface area contributed by atoms with Crippen LogP contribution in [0, 0.1) is 11.8 Å². The van der Waals surface area contributed by atoms with Gasteiger partial charge in [0.25, 0.3) is 0 Å². The first kappa shape index (κ1) is 11.9. The van der Waals surface area contributed by atoms with E-state index in [4.69, 9.17) is 0 Å². The number of hydrogen-bond donors (Lipinski definition) is 1. The van der Waals surface area contributed by atoms with E-state index in [1.165, 1.54) is 64.2 Å². The van der Waals surface area contributed by atoms with Gasteiger partial charge in [0.05, 0.1) is 5.71 Å². The van der Waals surface area contributed by atoms with Crippen LogP contribution in [0.3, 0.4) is 0 Å². The van der Waals surface area contributed by atoms with E-state index in [2.05, 4.69) is 5.16 Å². The number of hydrogen-bond acceptors (Lipinski definition) is 2. The van der Waals surface area contributed by atoms with Gasteiger partial charge >= 0.3 is 0 Å². The van der Waals surface area contributed by atoms with E-state index in [1.807, 2.05) is 0 Å².